The maximum Gasteiger partial charge on any atom is 0.238 e. The average molecular weight is 314 g/mol. The summed E-state index contributed by atoms with van der Waals surface area (Å²) in [5, 5.41) is 5.04. The lowest BCUT2D eigenvalue weighted by molar-refractivity contribution is -0.0324. The van der Waals surface area contributed by atoms with Crippen LogP contribution in [0.15, 0.2) is 29.2 Å². The Balaban J connectivity index is 1.78. The predicted molar refractivity (Wildman–Crippen MR) is 79.8 cm³/mol. The van der Waals surface area contributed by atoms with Crippen molar-refractivity contribution in [2.75, 3.05) is 32.8 Å². The molecule has 0 amide bonds. The number of nitrogens with zero attached hydrogens (tertiary/aromatic N) is 1. The molecule has 0 spiro atoms. The standard InChI is InChI=1S/C14H22N2O4S/c1-2-12-11-16(7-9-19-12)8-10-20-13-3-5-14(6-4-13)21(15,17)18/h3-6,12H,2,7-11H2,1H3,(H2,15,17,18)/t12-/m0/s1. The van der Waals surface area contributed by atoms with Gasteiger partial charge in [0.05, 0.1) is 17.6 Å². The van der Waals surface area contributed by atoms with E-state index in [4.69, 9.17) is 14.6 Å². The molecule has 118 valence electrons. The van der Waals surface area contributed by atoms with Gasteiger partial charge in [-0.2, -0.15) is 0 Å². The van der Waals surface area contributed by atoms with E-state index in [1.807, 2.05) is 0 Å². The Morgan fingerprint density at radius 2 is 2.10 bits per heavy atom. The van der Waals surface area contributed by atoms with Crippen LogP contribution in [0.3, 0.4) is 0 Å². The third-order valence-corrected chi connectivity index (χ3v) is 4.44. The number of ether oxygens (including phenoxy) is 2. The second kappa shape index (κ2) is 7.22. The molecule has 21 heavy (non-hydrogen) atoms. The molecule has 1 aromatic rings. The zero-order valence-corrected chi connectivity index (χ0v) is 13.0. The Morgan fingerprint density at radius 1 is 1.38 bits per heavy atom. The molecular formula is C14H22N2O4S. The molecular weight excluding hydrogens is 292 g/mol. The van der Waals surface area contributed by atoms with Crippen LogP contribution in [0.4, 0.5) is 0 Å². The van der Waals surface area contributed by atoms with Gasteiger partial charge >= 0.3 is 0 Å². The number of primary sulfonamides is 1. The van der Waals surface area contributed by atoms with Crippen molar-refractivity contribution in [3.05, 3.63) is 24.3 Å². The van der Waals surface area contributed by atoms with Gasteiger partial charge in [-0.3, -0.25) is 4.90 Å². The molecule has 2 rings (SSSR count). The largest absolute Gasteiger partial charge is 0.492 e. The Bertz CT molecular complexity index is 545. The summed E-state index contributed by atoms with van der Waals surface area (Å²) < 4.78 is 33.5. The van der Waals surface area contributed by atoms with Crippen molar-refractivity contribution in [3.63, 3.8) is 0 Å². The number of benzene rings is 1. The maximum absolute atomic E-state index is 11.1. The molecule has 1 fully saturated rings. The number of hydrogen-bond donors (Lipinski definition) is 1. The van der Waals surface area contributed by atoms with Gasteiger partial charge in [0.2, 0.25) is 10.0 Å². The summed E-state index contributed by atoms with van der Waals surface area (Å²) >= 11 is 0. The van der Waals surface area contributed by atoms with Gasteiger partial charge in [0, 0.05) is 19.6 Å². The van der Waals surface area contributed by atoms with Gasteiger partial charge in [-0.15, -0.1) is 0 Å². The third-order valence-electron chi connectivity index (χ3n) is 3.51. The van der Waals surface area contributed by atoms with Crippen molar-refractivity contribution in [2.45, 2.75) is 24.3 Å². The van der Waals surface area contributed by atoms with Crippen LogP contribution in [0, 0.1) is 0 Å². The highest BCUT2D eigenvalue weighted by Crippen LogP contribution is 2.15. The van der Waals surface area contributed by atoms with Crippen molar-refractivity contribution in [1.29, 1.82) is 0 Å². The first-order valence-corrected chi connectivity index (χ1v) is 8.63. The molecule has 1 aromatic carbocycles. The van der Waals surface area contributed by atoms with E-state index in [2.05, 4.69) is 11.8 Å². The molecule has 1 aliphatic heterocycles. The fraction of sp³-hybridized carbons (Fsp3) is 0.571. The maximum atomic E-state index is 11.1. The molecule has 0 radical (unpaired) electrons. The van der Waals surface area contributed by atoms with Crippen LogP contribution in [0.25, 0.3) is 0 Å². The van der Waals surface area contributed by atoms with Crippen LogP contribution in [-0.4, -0.2) is 52.3 Å². The second-order valence-corrected chi connectivity index (χ2v) is 6.63. The Kier molecular flexibility index (Phi) is 5.58. The lowest BCUT2D eigenvalue weighted by Crippen LogP contribution is -2.43. The zero-order valence-electron chi connectivity index (χ0n) is 12.2. The minimum absolute atomic E-state index is 0.0915. The van der Waals surface area contributed by atoms with E-state index in [0.717, 1.165) is 32.7 Å². The summed E-state index contributed by atoms with van der Waals surface area (Å²) in [5.74, 6) is 0.641. The first-order chi connectivity index (χ1) is 9.99. The lowest BCUT2D eigenvalue weighted by atomic mass is 10.2. The summed E-state index contributed by atoms with van der Waals surface area (Å²) in [7, 11) is -3.64. The van der Waals surface area contributed by atoms with E-state index >= 15 is 0 Å². The third kappa shape index (κ3) is 4.96. The Labute approximate surface area is 125 Å². The van der Waals surface area contributed by atoms with Crippen LogP contribution >= 0.6 is 0 Å². The summed E-state index contributed by atoms with van der Waals surface area (Å²) in [4.78, 5) is 2.41. The normalized spacial score (nSPS) is 20.4. The number of rotatable bonds is 6. The molecule has 7 heteroatoms. The highest BCUT2D eigenvalue weighted by molar-refractivity contribution is 7.89. The fourth-order valence-corrected chi connectivity index (χ4v) is 2.76. The topological polar surface area (TPSA) is 81.9 Å². The summed E-state index contributed by atoms with van der Waals surface area (Å²) in [6.07, 6.45) is 1.33. The van der Waals surface area contributed by atoms with Crippen molar-refractivity contribution in [1.82, 2.24) is 4.90 Å². The average Bonchev–Trinajstić information content (AvgIpc) is 2.47. The molecule has 1 atom stereocenters. The summed E-state index contributed by atoms with van der Waals surface area (Å²) in [6.45, 7) is 6.13. The number of sulfonamides is 1. The minimum atomic E-state index is -3.64. The lowest BCUT2D eigenvalue weighted by Gasteiger charge is -2.32. The molecule has 0 aromatic heterocycles. The molecule has 0 unspecified atom stereocenters. The van der Waals surface area contributed by atoms with Gasteiger partial charge in [0.15, 0.2) is 0 Å². The van der Waals surface area contributed by atoms with Gasteiger partial charge in [0.25, 0.3) is 0 Å². The highest BCUT2D eigenvalue weighted by Gasteiger charge is 2.18. The first kappa shape index (κ1) is 16.2. The smallest absolute Gasteiger partial charge is 0.238 e. The molecule has 0 saturated carbocycles. The van der Waals surface area contributed by atoms with Gasteiger partial charge < -0.3 is 9.47 Å². The SMILES string of the molecule is CC[C@H]1CN(CCOc2ccc(S(N)(=O)=O)cc2)CCO1. The van der Waals surface area contributed by atoms with E-state index in [9.17, 15) is 8.42 Å². The fourth-order valence-electron chi connectivity index (χ4n) is 2.25. The van der Waals surface area contributed by atoms with Gasteiger partial charge in [-0.25, -0.2) is 13.6 Å². The van der Waals surface area contributed by atoms with Crippen LogP contribution < -0.4 is 9.88 Å². The van der Waals surface area contributed by atoms with Crippen LogP contribution in [0.2, 0.25) is 0 Å². The molecule has 2 N–H and O–H groups in total. The number of hydrogen-bond acceptors (Lipinski definition) is 5. The van der Waals surface area contributed by atoms with Crippen molar-refractivity contribution in [2.24, 2.45) is 5.14 Å². The van der Waals surface area contributed by atoms with Crippen molar-refractivity contribution < 1.29 is 17.9 Å². The number of nitrogens with two attached hydrogens (primary N) is 1. The highest BCUT2D eigenvalue weighted by atomic mass is 32.2. The van der Waals surface area contributed by atoms with Crippen LogP contribution in [-0.2, 0) is 14.8 Å². The second-order valence-electron chi connectivity index (χ2n) is 5.07. The quantitative estimate of drug-likeness (QED) is 0.841. The van der Waals surface area contributed by atoms with Crippen LogP contribution in [0.1, 0.15) is 13.3 Å². The van der Waals surface area contributed by atoms with Gasteiger partial charge in [0.1, 0.15) is 12.4 Å². The van der Waals surface area contributed by atoms with E-state index < -0.39 is 10.0 Å². The van der Waals surface area contributed by atoms with E-state index in [0.29, 0.717) is 18.5 Å². The molecule has 1 aliphatic rings. The molecule has 6 nitrogen and oxygen atoms in total. The Hall–Kier alpha value is -1.15. The monoisotopic (exact) mass is 314 g/mol. The van der Waals surface area contributed by atoms with E-state index in [1.54, 1.807) is 12.1 Å². The van der Waals surface area contributed by atoms with E-state index in [-0.39, 0.29) is 4.90 Å². The molecule has 1 saturated heterocycles. The van der Waals surface area contributed by atoms with Crippen LogP contribution in [0.5, 0.6) is 5.75 Å². The Morgan fingerprint density at radius 3 is 2.71 bits per heavy atom. The first-order valence-electron chi connectivity index (χ1n) is 7.08. The van der Waals surface area contributed by atoms with Gasteiger partial charge in [-0.1, -0.05) is 6.92 Å². The summed E-state index contributed by atoms with van der Waals surface area (Å²) in [5.41, 5.74) is 0. The molecule has 1 heterocycles. The minimum Gasteiger partial charge on any atom is -0.492 e. The predicted octanol–water partition coefficient (Wildman–Crippen LogP) is 0.824. The summed E-state index contributed by atoms with van der Waals surface area (Å²) in [6, 6.07) is 6.14. The van der Waals surface area contributed by atoms with Crippen molar-refractivity contribution in [3.8, 4) is 5.75 Å². The van der Waals surface area contributed by atoms with E-state index in [1.165, 1.54) is 12.1 Å². The zero-order chi connectivity index (χ0) is 15.3. The van der Waals surface area contributed by atoms with Gasteiger partial charge in [-0.05, 0) is 30.7 Å². The molecule has 0 bridgehead atoms. The number of morpholine rings is 1. The van der Waals surface area contributed by atoms with Crippen molar-refractivity contribution >= 4 is 10.0 Å². The molecule has 0 aliphatic carbocycles.